The molecule has 0 aromatic heterocycles. The van der Waals surface area contributed by atoms with E-state index in [9.17, 15) is 0 Å². The zero-order valence-corrected chi connectivity index (χ0v) is 22.4. The number of hydrogen-bond acceptors (Lipinski definition) is 1. The third-order valence-corrected chi connectivity index (χ3v) is 13.2. The second-order valence-corrected chi connectivity index (χ2v) is 14.9. The summed E-state index contributed by atoms with van der Waals surface area (Å²) in [5.41, 5.74) is 12.0. The molecule has 4 fully saturated rings. The van der Waals surface area contributed by atoms with E-state index in [1.807, 2.05) is 0 Å². The fraction of sp³-hybridized carbons (Fsp3) is 0.875. The second-order valence-electron chi connectivity index (χ2n) is 14.9. The molecular weight excluding hydrogens is 398 g/mol. The Morgan fingerprint density at radius 2 is 1.61 bits per heavy atom. The molecule has 0 heterocycles. The van der Waals surface area contributed by atoms with Crippen molar-refractivity contribution in [1.29, 1.82) is 0 Å². The van der Waals surface area contributed by atoms with Gasteiger partial charge in [0.05, 0.1) is 0 Å². The van der Waals surface area contributed by atoms with E-state index in [-0.39, 0.29) is 5.54 Å². The van der Waals surface area contributed by atoms with Crippen LogP contribution < -0.4 is 5.73 Å². The molecule has 0 bridgehead atoms. The van der Waals surface area contributed by atoms with Crippen LogP contribution in [-0.2, 0) is 0 Å². The largest absolute Gasteiger partial charge is 0.325 e. The molecule has 1 nitrogen and oxygen atoms in total. The molecule has 4 saturated carbocycles. The first-order valence-electron chi connectivity index (χ1n) is 14.8. The highest BCUT2D eigenvalue weighted by molar-refractivity contribution is 5.40. The monoisotopic (exact) mass is 449 g/mol. The Balaban J connectivity index is 1.32. The summed E-state index contributed by atoms with van der Waals surface area (Å²) < 4.78 is 0. The van der Waals surface area contributed by atoms with Crippen molar-refractivity contribution in [3.63, 3.8) is 0 Å². The summed E-state index contributed by atoms with van der Waals surface area (Å²) in [5, 5.41) is 0. The van der Waals surface area contributed by atoms with Crippen molar-refractivity contribution in [2.45, 2.75) is 124 Å². The molecule has 6 rings (SSSR count). The molecule has 2 N–H and O–H groups in total. The minimum Gasteiger partial charge on any atom is -0.325 e. The van der Waals surface area contributed by atoms with Crippen LogP contribution in [0, 0.1) is 51.8 Å². The quantitative estimate of drug-likeness (QED) is 0.427. The Bertz CT molecular complexity index is 864. The molecule has 0 aliphatic heterocycles. The van der Waals surface area contributed by atoms with E-state index in [2.05, 4.69) is 46.8 Å². The predicted octanol–water partition coefficient (Wildman–Crippen LogP) is 8.45. The maximum atomic E-state index is 7.03. The van der Waals surface area contributed by atoms with Gasteiger partial charge in [-0.05, 0) is 140 Å². The normalized spacial score (nSPS) is 53.2. The Morgan fingerprint density at radius 3 is 2.36 bits per heavy atom. The maximum absolute atomic E-state index is 7.03. The fourth-order valence-corrected chi connectivity index (χ4v) is 11.6. The molecule has 0 amide bonds. The van der Waals surface area contributed by atoms with Crippen molar-refractivity contribution in [2.24, 2.45) is 57.5 Å². The predicted molar refractivity (Wildman–Crippen MR) is 140 cm³/mol. The van der Waals surface area contributed by atoms with Gasteiger partial charge in [-0.25, -0.2) is 0 Å². The van der Waals surface area contributed by atoms with Gasteiger partial charge in [-0.3, -0.25) is 0 Å². The summed E-state index contributed by atoms with van der Waals surface area (Å²) in [7, 11) is 0. The summed E-state index contributed by atoms with van der Waals surface area (Å²) >= 11 is 0. The first-order valence-corrected chi connectivity index (χ1v) is 14.8. The highest BCUT2D eigenvalue weighted by Gasteiger charge is 2.65. The maximum Gasteiger partial charge on any atom is 0.0185 e. The summed E-state index contributed by atoms with van der Waals surface area (Å²) in [6.07, 6.45) is 23.4. The molecule has 1 heteroatoms. The lowest BCUT2D eigenvalue weighted by Crippen LogP contribution is -2.63. The highest BCUT2D eigenvalue weighted by Crippen LogP contribution is 2.72. The van der Waals surface area contributed by atoms with Crippen molar-refractivity contribution in [1.82, 2.24) is 0 Å². The fourth-order valence-electron chi connectivity index (χ4n) is 11.6. The molecule has 0 aromatic carbocycles. The number of fused-ring (bicyclic) bond motifs is 7. The SMILES string of the molecule is CC1CC=C(C2=CCC3(C)C(CCC4(C)C5CCC6(N)CCCC6C5CCC43)C2(C)C)CC1. The first kappa shape index (κ1) is 22.9. The molecular formula is C32H51N. The Kier molecular flexibility index (Phi) is 5.18. The molecule has 6 aliphatic rings. The van der Waals surface area contributed by atoms with Gasteiger partial charge >= 0.3 is 0 Å². The third kappa shape index (κ3) is 3.12. The van der Waals surface area contributed by atoms with Gasteiger partial charge in [0.25, 0.3) is 0 Å². The third-order valence-electron chi connectivity index (χ3n) is 13.2. The number of nitrogens with two attached hydrogens (primary N) is 1. The lowest BCUT2D eigenvalue weighted by atomic mass is 9.37. The lowest BCUT2D eigenvalue weighted by Gasteiger charge is -2.68. The number of allylic oxidation sites excluding steroid dienone is 4. The van der Waals surface area contributed by atoms with Gasteiger partial charge in [0, 0.05) is 5.54 Å². The van der Waals surface area contributed by atoms with Crippen LogP contribution in [0.25, 0.3) is 0 Å². The first-order chi connectivity index (χ1) is 15.6. The minimum absolute atomic E-state index is 0.196. The Morgan fingerprint density at radius 1 is 0.788 bits per heavy atom. The summed E-state index contributed by atoms with van der Waals surface area (Å²) in [6, 6.07) is 0. The molecule has 6 aliphatic carbocycles. The average molecular weight is 450 g/mol. The van der Waals surface area contributed by atoms with Crippen molar-refractivity contribution in [3.8, 4) is 0 Å². The van der Waals surface area contributed by atoms with Gasteiger partial charge < -0.3 is 5.73 Å². The van der Waals surface area contributed by atoms with Gasteiger partial charge in [-0.1, -0.05) is 53.2 Å². The van der Waals surface area contributed by atoms with Crippen LogP contribution in [0.1, 0.15) is 118 Å². The average Bonchev–Trinajstić information content (AvgIpc) is 3.16. The molecule has 0 radical (unpaired) electrons. The Hall–Kier alpha value is -0.560. The van der Waals surface area contributed by atoms with E-state index in [1.165, 1.54) is 83.5 Å². The molecule has 9 unspecified atom stereocenters. The molecule has 0 spiro atoms. The van der Waals surface area contributed by atoms with Crippen LogP contribution in [0.5, 0.6) is 0 Å². The standard InChI is InChI=1S/C32H51N/c1-21-8-10-22(11-9-21)24-14-18-31(5)27(29(24,2)3)16-19-30(4)25-15-20-32(33)17-6-7-26(32)23(25)12-13-28(30)31/h10,14,21,23,25-28H,6-9,11-13,15-20,33H2,1-5H3. The topological polar surface area (TPSA) is 26.0 Å². The zero-order chi connectivity index (χ0) is 23.2. The van der Waals surface area contributed by atoms with Crippen molar-refractivity contribution < 1.29 is 0 Å². The van der Waals surface area contributed by atoms with E-state index in [1.54, 1.807) is 11.1 Å². The Labute approximate surface area is 204 Å². The van der Waals surface area contributed by atoms with E-state index in [4.69, 9.17) is 5.73 Å². The molecule has 0 aromatic rings. The van der Waals surface area contributed by atoms with Crippen molar-refractivity contribution in [3.05, 3.63) is 23.3 Å². The van der Waals surface area contributed by atoms with Gasteiger partial charge in [-0.15, -0.1) is 0 Å². The van der Waals surface area contributed by atoms with Crippen LogP contribution in [0.15, 0.2) is 23.3 Å². The second kappa shape index (κ2) is 7.47. The summed E-state index contributed by atoms with van der Waals surface area (Å²) in [5.74, 6) is 5.29. The molecule has 184 valence electrons. The van der Waals surface area contributed by atoms with Gasteiger partial charge in [0.1, 0.15) is 0 Å². The van der Waals surface area contributed by atoms with Gasteiger partial charge in [0.2, 0.25) is 0 Å². The van der Waals surface area contributed by atoms with Gasteiger partial charge in [0.15, 0.2) is 0 Å². The summed E-state index contributed by atoms with van der Waals surface area (Å²) in [4.78, 5) is 0. The highest BCUT2D eigenvalue weighted by atomic mass is 14.8. The molecule has 0 saturated heterocycles. The van der Waals surface area contributed by atoms with Crippen LogP contribution in [-0.4, -0.2) is 5.54 Å². The number of hydrogen-bond donors (Lipinski definition) is 1. The van der Waals surface area contributed by atoms with Crippen LogP contribution in [0.2, 0.25) is 0 Å². The van der Waals surface area contributed by atoms with Crippen molar-refractivity contribution in [2.75, 3.05) is 0 Å². The van der Waals surface area contributed by atoms with Crippen LogP contribution in [0.3, 0.4) is 0 Å². The number of rotatable bonds is 1. The van der Waals surface area contributed by atoms with Gasteiger partial charge in [-0.2, -0.15) is 0 Å². The smallest absolute Gasteiger partial charge is 0.0185 e. The molecule has 9 atom stereocenters. The lowest BCUT2D eigenvalue weighted by molar-refractivity contribution is -0.173. The van der Waals surface area contributed by atoms with E-state index >= 15 is 0 Å². The minimum atomic E-state index is 0.196. The molecule has 33 heavy (non-hydrogen) atoms. The summed E-state index contributed by atoms with van der Waals surface area (Å²) in [6.45, 7) is 13.2. The van der Waals surface area contributed by atoms with Crippen LogP contribution in [0.4, 0.5) is 0 Å². The zero-order valence-electron chi connectivity index (χ0n) is 22.4. The van der Waals surface area contributed by atoms with Crippen molar-refractivity contribution >= 4 is 0 Å². The van der Waals surface area contributed by atoms with E-state index in [0.717, 1.165) is 35.5 Å². The van der Waals surface area contributed by atoms with E-state index in [0.29, 0.717) is 16.2 Å². The van der Waals surface area contributed by atoms with E-state index < -0.39 is 0 Å². The van der Waals surface area contributed by atoms with Crippen LogP contribution >= 0.6 is 0 Å².